The minimum Gasteiger partial charge on any atom is -0.495 e. The Morgan fingerprint density at radius 3 is 2.50 bits per heavy atom. The molecule has 0 spiro atoms. The Kier molecular flexibility index (Phi) is 4.81. The van der Waals surface area contributed by atoms with Crippen LogP contribution in [0.2, 0.25) is 0 Å². The number of hydrogen-bond acceptors (Lipinski definition) is 6. The van der Waals surface area contributed by atoms with Gasteiger partial charge in [0.15, 0.2) is 9.84 Å². The molecule has 1 aromatic rings. The fourth-order valence-corrected chi connectivity index (χ4v) is 4.78. The molecule has 0 saturated carbocycles. The summed E-state index contributed by atoms with van der Waals surface area (Å²) in [5.74, 6) is 0.138. The number of nitrogens with zero attached hydrogens (tertiary/aromatic N) is 1. The molecule has 1 aliphatic heterocycles. The van der Waals surface area contributed by atoms with Crippen LogP contribution in [-0.2, 0) is 19.9 Å². The molecule has 0 bridgehead atoms. The summed E-state index contributed by atoms with van der Waals surface area (Å²) in [6, 6.07) is 3.91. The lowest BCUT2D eigenvalue weighted by Gasteiger charge is -2.31. The molecule has 2 rings (SSSR count). The van der Waals surface area contributed by atoms with E-state index in [-0.39, 0.29) is 21.6 Å². The molecule has 0 unspecified atom stereocenters. The molecule has 1 heterocycles. The normalized spacial score (nSPS) is 20.8. The zero-order valence-electron chi connectivity index (χ0n) is 12.7. The Hall–Kier alpha value is -1.16. The molecule has 124 valence electrons. The van der Waals surface area contributed by atoms with Crippen molar-refractivity contribution in [3.8, 4) is 5.75 Å². The predicted molar refractivity (Wildman–Crippen MR) is 82.3 cm³/mol. The predicted octanol–water partition coefficient (Wildman–Crippen LogP) is 0.0811. The second-order valence-corrected chi connectivity index (χ2v) is 9.23. The third-order valence-corrected chi connectivity index (χ3v) is 6.51. The lowest BCUT2D eigenvalue weighted by molar-refractivity contribution is 0.308. The van der Waals surface area contributed by atoms with E-state index >= 15 is 0 Å². The van der Waals surface area contributed by atoms with Crippen molar-refractivity contribution in [2.24, 2.45) is 0 Å². The van der Waals surface area contributed by atoms with Crippen molar-refractivity contribution in [3.05, 3.63) is 18.2 Å². The van der Waals surface area contributed by atoms with Crippen LogP contribution in [0.25, 0.3) is 0 Å². The van der Waals surface area contributed by atoms with Gasteiger partial charge in [0.25, 0.3) is 0 Å². The van der Waals surface area contributed by atoms with E-state index in [2.05, 4.69) is 5.32 Å². The van der Waals surface area contributed by atoms with Crippen LogP contribution in [0.3, 0.4) is 0 Å². The molecule has 0 amide bonds. The molecule has 22 heavy (non-hydrogen) atoms. The Bertz CT molecular complexity index is 759. The van der Waals surface area contributed by atoms with E-state index in [1.807, 2.05) is 6.92 Å². The first kappa shape index (κ1) is 17.2. The van der Waals surface area contributed by atoms with Gasteiger partial charge >= 0.3 is 0 Å². The quantitative estimate of drug-likeness (QED) is 0.828. The number of rotatable bonds is 4. The average Bonchev–Trinajstić information content (AvgIpc) is 2.45. The molecule has 1 fully saturated rings. The molecule has 1 atom stereocenters. The first-order valence-corrected chi connectivity index (χ1v) is 10.1. The molecular weight excluding hydrogens is 328 g/mol. The minimum atomic E-state index is -3.82. The summed E-state index contributed by atoms with van der Waals surface area (Å²) in [7, 11) is -5.96. The van der Waals surface area contributed by atoms with Gasteiger partial charge in [-0.25, -0.2) is 16.8 Å². The number of hydrogen-bond donors (Lipinski definition) is 1. The van der Waals surface area contributed by atoms with Gasteiger partial charge in [-0.2, -0.15) is 4.31 Å². The summed E-state index contributed by atoms with van der Waals surface area (Å²) in [6.45, 7) is 3.10. The molecule has 0 aromatic heterocycles. The maximum absolute atomic E-state index is 12.8. The standard InChI is InChI=1S/C13H20N2O5S2/c1-10-9-15(7-6-14-10)22(18,19)13-8-11(21(3,16)17)4-5-12(13)20-2/h4-5,8,10,14H,6-7,9H2,1-3H3/t10-/m1/s1. The molecule has 1 aliphatic rings. The molecule has 1 saturated heterocycles. The van der Waals surface area contributed by atoms with Gasteiger partial charge in [-0.3, -0.25) is 0 Å². The Labute approximate surface area is 131 Å². The van der Waals surface area contributed by atoms with Crippen LogP contribution in [-0.4, -0.2) is 60.2 Å². The van der Waals surface area contributed by atoms with Crippen LogP contribution in [0.15, 0.2) is 28.0 Å². The Balaban J connectivity index is 2.53. The second-order valence-electron chi connectivity index (χ2n) is 5.30. The highest BCUT2D eigenvalue weighted by Crippen LogP contribution is 2.29. The highest BCUT2D eigenvalue weighted by atomic mass is 32.2. The molecule has 1 aromatic carbocycles. The summed E-state index contributed by atoms with van der Waals surface area (Å²) >= 11 is 0. The van der Waals surface area contributed by atoms with Crippen molar-refractivity contribution in [1.82, 2.24) is 9.62 Å². The van der Waals surface area contributed by atoms with Crippen LogP contribution < -0.4 is 10.1 Å². The summed E-state index contributed by atoms with van der Waals surface area (Å²) in [6.07, 6.45) is 1.04. The number of sulfonamides is 1. The van der Waals surface area contributed by atoms with Crippen LogP contribution >= 0.6 is 0 Å². The summed E-state index contributed by atoms with van der Waals surface area (Å²) in [4.78, 5) is -0.165. The van der Waals surface area contributed by atoms with Gasteiger partial charge in [-0.15, -0.1) is 0 Å². The Morgan fingerprint density at radius 2 is 1.95 bits per heavy atom. The molecule has 1 N–H and O–H groups in total. The average molecular weight is 348 g/mol. The molecular formula is C13H20N2O5S2. The summed E-state index contributed by atoms with van der Waals surface area (Å²) < 4.78 is 55.4. The number of methoxy groups -OCH3 is 1. The van der Waals surface area contributed by atoms with Gasteiger partial charge in [0.2, 0.25) is 10.0 Å². The van der Waals surface area contributed by atoms with E-state index < -0.39 is 19.9 Å². The van der Waals surface area contributed by atoms with Crippen molar-refractivity contribution in [2.45, 2.75) is 22.8 Å². The lowest BCUT2D eigenvalue weighted by Crippen LogP contribution is -2.51. The second kappa shape index (κ2) is 6.15. The van der Waals surface area contributed by atoms with Crippen LogP contribution in [0, 0.1) is 0 Å². The highest BCUT2D eigenvalue weighted by molar-refractivity contribution is 7.91. The maximum Gasteiger partial charge on any atom is 0.246 e. The van der Waals surface area contributed by atoms with Crippen LogP contribution in [0.5, 0.6) is 5.75 Å². The summed E-state index contributed by atoms with van der Waals surface area (Å²) in [5, 5.41) is 3.17. The monoisotopic (exact) mass is 348 g/mol. The molecule has 0 aliphatic carbocycles. The smallest absolute Gasteiger partial charge is 0.246 e. The van der Waals surface area contributed by atoms with E-state index in [4.69, 9.17) is 4.74 Å². The first-order chi connectivity index (χ1) is 10.2. The van der Waals surface area contributed by atoms with Gasteiger partial charge in [0, 0.05) is 31.9 Å². The van der Waals surface area contributed by atoms with E-state index in [0.717, 1.165) is 12.3 Å². The fraction of sp³-hybridized carbons (Fsp3) is 0.538. The Morgan fingerprint density at radius 1 is 1.27 bits per heavy atom. The summed E-state index contributed by atoms with van der Waals surface area (Å²) in [5.41, 5.74) is 0. The van der Waals surface area contributed by atoms with Crippen molar-refractivity contribution in [3.63, 3.8) is 0 Å². The lowest BCUT2D eigenvalue weighted by atomic mass is 10.3. The van der Waals surface area contributed by atoms with Crippen molar-refractivity contribution in [2.75, 3.05) is 33.0 Å². The molecule has 7 nitrogen and oxygen atoms in total. The van der Waals surface area contributed by atoms with Gasteiger partial charge < -0.3 is 10.1 Å². The van der Waals surface area contributed by atoms with E-state index in [1.54, 1.807) is 0 Å². The van der Waals surface area contributed by atoms with Crippen molar-refractivity contribution in [1.29, 1.82) is 0 Å². The SMILES string of the molecule is COc1ccc(S(C)(=O)=O)cc1S(=O)(=O)N1CCN[C@H](C)C1. The van der Waals surface area contributed by atoms with Crippen LogP contribution in [0.4, 0.5) is 0 Å². The largest absolute Gasteiger partial charge is 0.495 e. The maximum atomic E-state index is 12.8. The minimum absolute atomic E-state index is 0.0348. The van der Waals surface area contributed by atoms with Crippen LogP contribution in [0.1, 0.15) is 6.92 Å². The third kappa shape index (κ3) is 3.43. The highest BCUT2D eigenvalue weighted by Gasteiger charge is 2.31. The van der Waals surface area contributed by atoms with Gasteiger partial charge in [0.05, 0.1) is 12.0 Å². The van der Waals surface area contributed by atoms with E-state index in [1.165, 1.54) is 23.5 Å². The third-order valence-electron chi connectivity index (χ3n) is 3.51. The number of benzene rings is 1. The molecule has 9 heteroatoms. The van der Waals surface area contributed by atoms with Gasteiger partial charge in [0.1, 0.15) is 10.6 Å². The van der Waals surface area contributed by atoms with Gasteiger partial charge in [-0.1, -0.05) is 0 Å². The number of ether oxygens (including phenoxy) is 1. The van der Waals surface area contributed by atoms with E-state index in [9.17, 15) is 16.8 Å². The number of nitrogens with one attached hydrogen (secondary N) is 1. The number of piperazine rings is 1. The molecule has 0 radical (unpaired) electrons. The number of sulfone groups is 1. The first-order valence-electron chi connectivity index (χ1n) is 6.78. The topological polar surface area (TPSA) is 92.8 Å². The van der Waals surface area contributed by atoms with Crippen molar-refractivity contribution < 1.29 is 21.6 Å². The zero-order chi connectivity index (χ0) is 16.5. The zero-order valence-corrected chi connectivity index (χ0v) is 14.4. The van der Waals surface area contributed by atoms with E-state index in [0.29, 0.717) is 19.6 Å². The van der Waals surface area contributed by atoms with Crippen molar-refractivity contribution >= 4 is 19.9 Å². The fourth-order valence-electron chi connectivity index (χ4n) is 2.34. The van der Waals surface area contributed by atoms with Gasteiger partial charge in [-0.05, 0) is 25.1 Å².